The highest BCUT2D eigenvalue weighted by atomic mass is 19.1. The summed E-state index contributed by atoms with van der Waals surface area (Å²) in [6.07, 6.45) is 4.60. The molecule has 0 aliphatic carbocycles. The summed E-state index contributed by atoms with van der Waals surface area (Å²) in [6, 6.07) is 16.8. The Morgan fingerprint density at radius 3 is 2.69 bits per heavy atom. The minimum atomic E-state index is -0.633. The van der Waals surface area contributed by atoms with Gasteiger partial charge < -0.3 is 14.8 Å². The number of nitrogens with zero attached hydrogens (tertiary/aromatic N) is 5. The zero-order valence-electron chi connectivity index (χ0n) is 18.6. The van der Waals surface area contributed by atoms with Gasteiger partial charge in [0.2, 0.25) is 5.95 Å². The Morgan fingerprint density at radius 1 is 1.06 bits per heavy atom. The fourth-order valence-corrected chi connectivity index (χ4v) is 3.47. The first-order chi connectivity index (χ1) is 17.1. The van der Waals surface area contributed by atoms with E-state index in [1.54, 1.807) is 55.7 Å². The van der Waals surface area contributed by atoms with Gasteiger partial charge in [-0.25, -0.2) is 14.2 Å². The van der Waals surface area contributed by atoms with Crippen molar-refractivity contribution < 1.29 is 18.7 Å². The van der Waals surface area contributed by atoms with E-state index in [1.807, 2.05) is 18.2 Å². The lowest BCUT2D eigenvalue weighted by atomic mass is 10.1. The molecule has 1 N–H and O–H groups in total. The number of carbonyl (C=O) groups excluding carboxylic acids is 1. The SMILES string of the molecule is CCOC(=O)c1cnc2nc(Nc3cccc(Oc4ccncc4)c3)nn2c1-c1ccccc1F. The molecule has 174 valence electrons. The molecule has 0 radical (unpaired) electrons. The Bertz CT molecular complexity index is 1510. The van der Waals surface area contributed by atoms with Crippen LogP contribution in [0.25, 0.3) is 17.0 Å². The van der Waals surface area contributed by atoms with Gasteiger partial charge in [0.1, 0.15) is 22.9 Å². The molecule has 0 spiro atoms. The molecule has 5 aromatic rings. The first-order valence-electron chi connectivity index (χ1n) is 10.7. The van der Waals surface area contributed by atoms with Crippen molar-refractivity contribution in [2.75, 3.05) is 11.9 Å². The Kier molecular flexibility index (Phi) is 6.00. The molecule has 9 nitrogen and oxygen atoms in total. The van der Waals surface area contributed by atoms with Gasteiger partial charge in [0, 0.05) is 35.9 Å². The average molecular weight is 470 g/mol. The van der Waals surface area contributed by atoms with Crippen LogP contribution in [-0.4, -0.2) is 37.1 Å². The second-order valence-corrected chi connectivity index (χ2v) is 7.31. The molecule has 0 saturated carbocycles. The third kappa shape index (κ3) is 4.62. The largest absolute Gasteiger partial charge is 0.462 e. The highest BCUT2D eigenvalue weighted by Crippen LogP contribution is 2.29. The molecular formula is C25H19FN6O3. The van der Waals surface area contributed by atoms with Gasteiger partial charge in [0.05, 0.1) is 12.3 Å². The molecule has 0 fully saturated rings. The maximum Gasteiger partial charge on any atom is 0.341 e. The summed E-state index contributed by atoms with van der Waals surface area (Å²) >= 11 is 0. The van der Waals surface area contributed by atoms with Crippen molar-refractivity contribution >= 4 is 23.4 Å². The second-order valence-electron chi connectivity index (χ2n) is 7.31. The number of anilines is 2. The number of esters is 1. The molecule has 35 heavy (non-hydrogen) atoms. The number of hydrogen-bond donors (Lipinski definition) is 1. The number of rotatable bonds is 7. The van der Waals surface area contributed by atoms with Crippen LogP contribution in [0.5, 0.6) is 11.5 Å². The monoisotopic (exact) mass is 470 g/mol. The summed E-state index contributed by atoms with van der Waals surface area (Å²) in [7, 11) is 0. The second kappa shape index (κ2) is 9.56. The summed E-state index contributed by atoms with van der Waals surface area (Å²) in [6.45, 7) is 1.85. The maximum absolute atomic E-state index is 14.7. The van der Waals surface area contributed by atoms with E-state index >= 15 is 0 Å². The first kappa shape index (κ1) is 22.0. The number of halogens is 1. The molecule has 3 aromatic heterocycles. The predicted molar refractivity (Wildman–Crippen MR) is 126 cm³/mol. The number of aromatic nitrogens is 5. The van der Waals surface area contributed by atoms with Gasteiger partial charge in [-0.2, -0.15) is 9.50 Å². The molecule has 0 unspecified atom stereocenters. The van der Waals surface area contributed by atoms with Crippen molar-refractivity contribution in [2.24, 2.45) is 0 Å². The number of fused-ring (bicyclic) bond motifs is 1. The number of hydrogen-bond acceptors (Lipinski definition) is 8. The molecule has 0 aliphatic rings. The van der Waals surface area contributed by atoms with Crippen LogP contribution in [0.2, 0.25) is 0 Å². The van der Waals surface area contributed by atoms with Crippen LogP contribution >= 0.6 is 0 Å². The lowest BCUT2D eigenvalue weighted by Crippen LogP contribution is -2.11. The highest BCUT2D eigenvalue weighted by molar-refractivity contribution is 5.96. The highest BCUT2D eigenvalue weighted by Gasteiger charge is 2.22. The van der Waals surface area contributed by atoms with Gasteiger partial charge in [-0.05, 0) is 43.3 Å². The number of carbonyl (C=O) groups is 1. The van der Waals surface area contributed by atoms with Gasteiger partial charge in [0.15, 0.2) is 0 Å². The quantitative estimate of drug-likeness (QED) is 0.330. The molecule has 5 rings (SSSR count). The van der Waals surface area contributed by atoms with E-state index < -0.39 is 11.8 Å². The van der Waals surface area contributed by atoms with Gasteiger partial charge in [-0.15, -0.1) is 5.10 Å². The summed E-state index contributed by atoms with van der Waals surface area (Å²) < 4.78 is 27.1. The van der Waals surface area contributed by atoms with Crippen LogP contribution in [0.15, 0.2) is 79.3 Å². The van der Waals surface area contributed by atoms with Crippen LogP contribution in [0, 0.1) is 5.82 Å². The van der Waals surface area contributed by atoms with E-state index in [0.717, 1.165) is 0 Å². The summed E-state index contributed by atoms with van der Waals surface area (Å²) in [5.74, 6) is 0.482. The van der Waals surface area contributed by atoms with Crippen molar-refractivity contribution in [3.05, 3.63) is 90.6 Å². The molecule has 0 saturated heterocycles. The normalized spacial score (nSPS) is 10.8. The zero-order chi connectivity index (χ0) is 24.2. The van der Waals surface area contributed by atoms with E-state index in [0.29, 0.717) is 17.2 Å². The Labute approximate surface area is 199 Å². The van der Waals surface area contributed by atoms with Crippen molar-refractivity contribution in [3.63, 3.8) is 0 Å². The number of pyridine rings is 1. The van der Waals surface area contributed by atoms with E-state index in [9.17, 15) is 9.18 Å². The van der Waals surface area contributed by atoms with Crippen molar-refractivity contribution in [1.82, 2.24) is 24.6 Å². The first-order valence-corrected chi connectivity index (χ1v) is 10.7. The molecular weight excluding hydrogens is 451 g/mol. The van der Waals surface area contributed by atoms with Crippen LogP contribution in [0.4, 0.5) is 16.0 Å². The third-order valence-corrected chi connectivity index (χ3v) is 4.97. The topological polar surface area (TPSA) is 104 Å². The van der Waals surface area contributed by atoms with Crippen molar-refractivity contribution in [3.8, 4) is 22.8 Å². The Morgan fingerprint density at radius 2 is 1.89 bits per heavy atom. The summed E-state index contributed by atoms with van der Waals surface area (Å²) in [4.78, 5) is 25.2. The molecule has 2 aromatic carbocycles. The van der Waals surface area contributed by atoms with E-state index in [1.165, 1.54) is 16.8 Å². The number of nitrogens with one attached hydrogen (secondary N) is 1. The standard InChI is InChI=1S/C25H19FN6O3/c1-2-34-23(33)20-15-28-25-30-24(31-32(25)22(20)19-8-3-4-9-21(19)26)29-16-6-5-7-18(14-16)35-17-10-12-27-13-11-17/h3-15H,2H2,1H3,(H,29,31). The summed E-state index contributed by atoms with van der Waals surface area (Å²) in [5, 5.41) is 7.55. The van der Waals surface area contributed by atoms with Gasteiger partial charge in [0.25, 0.3) is 5.78 Å². The maximum atomic E-state index is 14.7. The van der Waals surface area contributed by atoms with Gasteiger partial charge in [-0.1, -0.05) is 18.2 Å². The molecule has 0 amide bonds. The lowest BCUT2D eigenvalue weighted by Gasteiger charge is -2.10. The lowest BCUT2D eigenvalue weighted by molar-refractivity contribution is 0.0526. The zero-order valence-corrected chi connectivity index (χ0v) is 18.6. The molecule has 10 heteroatoms. The van der Waals surface area contributed by atoms with E-state index in [4.69, 9.17) is 9.47 Å². The summed E-state index contributed by atoms with van der Waals surface area (Å²) in [5.41, 5.74) is 1.10. The molecule has 3 heterocycles. The Balaban J connectivity index is 1.52. The van der Waals surface area contributed by atoms with Crippen LogP contribution in [0.1, 0.15) is 17.3 Å². The fraction of sp³-hybridized carbons (Fsp3) is 0.0800. The number of benzene rings is 2. The van der Waals surface area contributed by atoms with Gasteiger partial charge >= 0.3 is 5.97 Å². The average Bonchev–Trinajstić information content (AvgIpc) is 3.27. The van der Waals surface area contributed by atoms with Crippen LogP contribution in [0.3, 0.4) is 0 Å². The van der Waals surface area contributed by atoms with Crippen LogP contribution < -0.4 is 10.1 Å². The van der Waals surface area contributed by atoms with Crippen molar-refractivity contribution in [2.45, 2.75) is 6.92 Å². The molecule has 0 atom stereocenters. The fourth-order valence-electron chi connectivity index (χ4n) is 3.47. The number of ether oxygens (including phenoxy) is 2. The Hall–Kier alpha value is -4.86. The van der Waals surface area contributed by atoms with Gasteiger partial charge in [-0.3, -0.25) is 4.98 Å². The predicted octanol–water partition coefficient (Wildman–Crippen LogP) is 5.04. The minimum absolute atomic E-state index is 0.0775. The third-order valence-electron chi connectivity index (χ3n) is 4.97. The van der Waals surface area contributed by atoms with E-state index in [2.05, 4.69) is 25.4 Å². The smallest absolute Gasteiger partial charge is 0.341 e. The molecule has 0 aliphatic heterocycles. The van der Waals surface area contributed by atoms with Crippen molar-refractivity contribution in [1.29, 1.82) is 0 Å². The molecule has 0 bridgehead atoms. The van der Waals surface area contributed by atoms with Crippen LogP contribution in [-0.2, 0) is 4.74 Å². The van der Waals surface area contributed by atoms with E-state index in [-0.39, 0.29) is 35.2 Å². The minimum Gasteiger partial charge on any atom is -0.462 e.